The predicted molar refractivity (Wildman–Crippen MR) is 73.5 cm³/mol. The SMILES string of the molecule is CCCNC1Cc2ccc(OC)cc2OC1(C)C. The Morgan fingerprint density at radius 2 is 2.22 bits per heavy atom. The van der Waals surface area contributed by atoms with Crippen LogP contribution in [-0.4, -0.2) is 25.3 Å². The van der Waals surface area contributed by atoms with Crippen molar-refractivity contribution < 1.29 is 9.47 Å². The molecule has 1 N–H and O–H groups in total. The molecule has 0 saturated heterocycles. The lowest BCUT2D eigenvalue weighted by molar-refractivity contribution is 0.0483. The van der Waals surface area contributed by atoms with Crippen molar-refractivity contribution in [2.45, 2.75) is 45.3 Å². The summed E-state index contributed by atoms with van der Waals surface area (Å²) in [5.74, 6) is 1.80. The van der Waals surface area contributed by atoms with E-state index in [0.29, 0.717) is 6.04 Å². The van der Waals surface area contributed by atoms with Gasteiger partial charge < -0.3 is 14.8 Å². The van der Waals surface area contributed by atoms with E-state index in [1.54, 1.807) is 7.11 Å². The Kier molecular flexibility index (Phi) is 3.81. The number of hydrogen-bond donors (Lipinski definition) is 1. The molecule has 0 fully saturated rings. The number of fused-ring (bicyclic) bond motifs is 1. The molecule has 0 aromatic heterocycles. The van der Waals surface area contributed by atoms with Crippen LogP contribution >= 0.6 is 0 Å². The normalized spacial score (nSPS) is 21.0. The smallest absolute Gasteiger partial charge is 0.127 e. The highest BCUT2D eigenvalue weighted by Gasteiger charge is 2.36. The molecule has 18 heavy (non-hydrogen) atoms. The number of rotatable bonds is 4. The molecule has 3 nitrogen and oxygen atoms in total. The third kappa shape index (κ3) is 2.61. The van der Waals surface area contributed by atoms with Gasteiger partial charge in [0.25, 0.3) is 0 Å². The Labute approximate surface area is 109 Å². The topological polar surface area (TPSA) is 30.5 Å². The first-order valence-corrected chi connectivity index (χ1v) is 6.66. The van der Waals surface area contributed by atoms with E-state index < -0.39 is 0 Å². The van der Waals surface area contributed by atoms with Crippen LogP contribution in [0.5, 0.6) is 11.5 Å². The first-order valence-electron chi connectivity index (χ1n) is 6.66. The van der Waals surface area contributed by atoms with Crippen LogP contribution in [0.4, 0.5) is 0 Å². The summed E-state index contributed by atoms with van der Waals surface area (Å²) in [5, 5.41) is 3.57. The van der Waals surface area contributed by atoms with E-state index in [0.717, 1.165) is 30.9 Å². The van der Waals surface area contributed by atoms with E-state index in [4.69, 9.17) is 9.47 Å². The second-order valence-corrected chi connectivity index (χ2v) is 5.39. The molecular formula is C15H23NO2. The summed E-state index contributed by atoms with van der Waals surface area (Å²) in [5.41, 5.74) is 1.07. The Hall–Kier alpha value is -1.22. The van der Waals surface area contributed by atoms with Crippen LogP contribution in [0.15, 0.2) is 18.2 Å². The van der Waals surface area contributed by atoms with Crippen LogP contribution in [0, 0.1) is 0 Å². The molecule has 1 aliphatic rings. The molecule has 1 aliphatic heterocycles. The minimum atomic E-state index is -0.186. The predicted octanol–water partition coefficient (Wildman–Crippen LogP) is 2.78. The molecule has 3 heteroatoms. The first kappa shape index (κ1) is 13.2. The van der Waals surface area contributed by atoms with E-state index in [1.165, 1.54) is 5.56 Å². The molecule has 0 saturated carbocycles. The second-order valence-electron chi connectivity index (χ2n) is 5.39. The molecule has 1 atom stereocenters. The first-order chi connectivity index (χ1) is 8.56. The Balaban J connectivity index is 2.21. The standard InChI is InChI=1S/C15H23NO2/c1-5-8-16-14-9-11-6-7-12(17-4)10-13(11)18-15(14,2)3/h6-7,10,14,16H,5,8-9H2,1-4H3. The Morgan fingerprint density at radius 1 is 1.44 bits per heavy atom. The van der Waals surface area contributed by atoms with Crippen molar-refractivity contribution in [1.29, 1.82) is 0 Å². The van der Waals surface area contributed by atoms with E-state index >= 15 is 0 Å². The summed E-state index contributed by atoms with van der Waals surface area (Å²) in [7, 11) is 1.68. The maximum absolute atomic E-state index is 6.13. The molecule has 1 unspecified atom stereocenters. The van der Waals surface area contributed by atoms with Crippen LogP contribution in [0.25, 0.3) is 0 Å². The van der Waals surface area contributed by atoms with Gasteiger partial charge in [0.1, 0.15) is 17.1 Å². The van der Waals surface area contributed by atoms with Crippen LogP contribution in [0.3, 0.4) is 0 Å². The van der Waals surface area contributed by atoms with Crippen LogP contribution in [-0.2, 0) is 6.42 Å². The summed E-state index contributed by atoms with van der Waals surface area (Å²) in [6.07, 6.45) is 2.15. The fourth-order valence-corrected chi connectivity index (χ4v) is 2.38. The summed E-state index contributed by atoms with van der Waals surface area (Å²) in [6, 6.07) is 6.44. The van der Waals surface area contributed by atoms with Crippen LogP contribution in [0.1, 0.15) is 32.8 Å². The van der Waals surface area contributed by atoms with Gasteiger partial charge >= 0.3 is 0 Å². The van der Waals surface area contributed by atoms with Gasteiger partial charge in [0.05, 0.1) is 13.2 Å². The third-order valence-corrected chi connectivity index (χ3v) is 3.55. The average Bonchev–Trinajstić information content (AvgIpc) is 2.34. The molecule has 1 aromatic rings. The van der Waals surface area contributed by atoms with Gasteiger partial charge in [-0.15, -0.1) is 0 Å². The number of benzene rings is 1. The Morgan fingerprint density at radius 3 is 2.89 bits per heavy atom. The fraction of sp³-hybridized carbons (Fsp3) is 0.600. The third-order valence-electron chi connectivity index (χ3n) is 3.55. The molecule has 0 bridgehead atoms. The minimum Gasteiger partial charge on any atom is -0.497 e. The van der Waals surface area contributed by atoms with Crippen molar-refractivity contribution in [2.75, 3.05) is 13.7 Å². The van der Waals surface area contributed by atoms with Crippen molar-refractivity contribution in [1.82, 2.24) is 5.32 Å². The summed E-state index contributed by atoms with van der Waals surface area (Å²) < 4.78 is 11.4. The Bertz CT molecular complexity index is 415. The highest BCUT2D eigenvalue weighted by molar-refractivity contribution is 5.43. The van der Waals surface area contributed by atoms with Crippen LogP contribution < -0.4 is 14.8 Å². The second kappa shape index (κ2) is 5.19. The molecule has 0 aliphatic carbocycles. The molecule has 100 valence electrons. The lowest BCUT2D eigenvalue weighted by Crippen LogP contribution is -2.54. The maximum atomic E-state index is 6.13. The zero-order valence-corrected chi connectivity index (χ0v) is 11.7. The quantitative estimate of drug-likeness (QED) is 0.890. The number of ether oxygens (including phenoxy) is 2. The summed E-state index contributed by atoms with van der Waals surface area (Å²) >= 11 is 0. The molecule has 2 rings (SSSR count). The molecule has 0 amide bonds. The van der Waals surface area contributed by atoms with E-state index in [1.807, 2.05) is 12.1 Å². The molecule has 1 heterocycles. The highest BCUT2D eigenvalue weighted by Crippen LogP contribution is 2.35. The largest absolute Gasteiger partial charge is 0.497 e. The minimum absolute atomic E-state index is 0.186. The fourth-order valence-electron chi connectivity index (χ4n) is 2.38. The lowest BCUT2D eigenvalue weighted by Gasteiger charge is -2.40. The van der Waals surface area contributed by atoms with Crippen molar-refractivity contribution in [3.63, 3.8) is 0 Å². The van der Waals surface area contributed by atoms with Crippen molar-refractivity contribution in [3.05, 3.63) is 23.8 Å². The van der Waals surface area contributed by atoms with E-state index in [9.17, 15) is 0 Å². The molecular weight excluding hydrogens is 226 g/mol. The lowest BCUT2D eigenvalue weighted by atomic mass is 9.88. The molecule has 0 spiro atoms. The summed E-state index contributed by atoms with van der Waals surface area (Å²) in [4.78, 5) is 0. The van der Waals surface area contributed by atoms with Crippen LogP contribution in [0.2, 0.25) is 0 Å². The monoisotopic (exact) mass is 249 g/mol. The molecule has 1 aromatic carbocycles. The zero-order chi connectivity index (χ0) is 13.2. The number of nitrogens with one attached hydrogen (secondary N) is 1. The van der Waals surface area contributed by atoms with Gasteiger partial charge in [-0.1, -0.05) is 13.0 Å². The van der Waals surface area contributed by atoms with Gasteiger partial charge in [0, 0.05) is 6.07 Å². The van der Waals surface area contributed by atoms with E-state index in [2.05, 4.69) is 32.2 Å². The highest BCUT2D eigenvalue weighted by atomic mass is 16.5. The van der Waals surface area contributed by atoms with Gasteiger partial charge in [-0.05, 0) is 44.9 Å². The van der Waals surface area contributed by atoms with Crippen molar-refractivity contribution >= 4 is 0 Å². The maximum Gasteiger partial charge on any atom is 0.127 e. The van der Waals surface area contributed by atoms with Gasteiger partial charge in [0.2, 0.25) is 0 Å². The van der Waals surface area contributed by atoms with Crippen molar-refractivity contribution in [3.8, 4) is 11.5 Å². The average molecular weight is 249 g/mol. The summed E-state index contributed by atoms with van der Waals surface area (Å²) in [6.45, 7) is 7.50. The number of hydrogen-bond acceptors (Lipinski definition) is 3. The molecule has 0 radical (unpaired) electrons. The zero-order valence-electron chi connectivity index (χ0n) is 11.7. The van der Waals surface area contributed by atoms with Gasteiger partial charge in [-0.3, -0.25) is 0 Å². The van der Waals surface area contributed by atoms with E-state index in [-0.39, 0.29) is 5.60 Å². The number of methoxy groups -OCH3 is 1. The van der Waals surface area contributed by atoms with Gasteiger partial charge in [-0.25, -0.2) is 0 Å². The van der Waals surface area contributed by atoms with Gasteiger partial charge in [-0.2, -0.15) is 0 Å². The van der Waals surface area contributed by atoms with Crippen molar-refractivity contribution in [2.24, 2.45) is 0 Å². The van der Waals surface area contributed by atoms with Gasteiger partial charge in [0.15, 0.2) is 0 Å².